The van der Waals surface area contributed by atoms with Crippen molar-refractivity contribution >= 4 is 11.9 Å². The molecule has 94 valence electrons. The number of hydrogen-bond acceptors (Lipinski definition) is 5. The first-order chi connectivity index (χ1) is 7.83. The lowest BCUT2D eigenvalue weighted by Crippen LogP contribution is -2.23. The summed E-state index contributed by atoms with van der Waals surface area (Å²) in [5, 5.41) is 0. The van der Waals surface area contributed by atoms with Crippen molar-refractivity contribution in [2.45, 2.75) is 33.3 Å². The van der Waals surface area contributed by atoms with Crippen molar-refractivity contribution in [1.82, 2.24) is 0 Å². The normalized spacial score (nSPS) is 11.1. The van der Waals surface area contributed by atoms with Crippen LogP contribution in [0.2, 0.25) is 0 Å². The molecule has 5 heteroatoms. The second-order valence-electron chi connectivity index (χ2n) is 4.42. The molecule has 0 N–H and O–H groups in total. The van der Waals surface area contributed by atoms with E-state index in [1.165, 1.54) is 12.3 Å². The van der Waals surface area contributed by atoms with E-state index in [4.69, 9.17) is 13.9 Å². The summed E-state index contributed by atoms with van der Waals surface area (Å²) >= 11 is 0. The minimum Gasteiger partial charge on any atom is -0.462 e. The fourth-order valence-electron chi connectivity index (χ4n) is 1.09. The predicted octanol–water partition coefficient (Wildman–Crippen LogP) is 2.41. The van der Waals surface area contributed by atoms with Crippen molar-refractivity contribution in [3.05, 3.63) is 23.7 Å². The lowest BCUT2D eigenvalue weighted by molar-refractivity contribution is 0.00358. The van der Waals surface area contributed by atoms with Gasteiger partial charge in [0.05, 0.1) is 12.2 Å². The van der Waals surface area contributed by atoms with E-state index in [-0.39, 0.29) is 17.9 Å². The van der Waals surface area contributed by atoms with Crippen molar-refractivity contribution in [1.29, 1.82) is 0 Å². The van der Waals surface area contributed by atoms with Gasteiger partial charge in [0.15, 0.2) is 0 Å². The Balaban J connectivity index is 2.74. The molecule has 0 atom stereocenters. The molecule has 0 aromatic carbocycles. The van der Waals surface area contributed by atoms with Gasteiger partial charge >= 0.3 is 11.9 Å². The lowest BCUT2D eigenvalue weighted by Gasteiger charge is -2.18. The van der Waals surface area contributed by atoms with Crippen LogP contribution >= 0.6 is 0 Å². The van der Waals surface area contributed by atoms with Gasteiger partial charge in [0, 0.05) is 6.07 Å². The molecule has 0 aliphatic heterocycles. The molecule has 0 aliphatic carbocycles. The largest absolute Gasteiger partial charge is 0.462 e. The van der Waals surface area contributed by atoms with E-state index >= 15 is 0 Å². The van der Waals surface area contributed by atoms with Gasteiger partial charge in [-0.2, -0.15) is 0 Å². The molecule has 1 aromatic rings. The predicted molar refractivity (Wildman–Crippen MR) is 59.8 cm³/mol. The molecular formula is C12H16O5. The van der Waals surface area contributed by atoms with E-state index in [0.29, 0.717) is 0 Å². The first kappa shape index (κ1) is 13.3. The molecule has 5 nitrogen and oxygen atoms in total. The number of carbonyl (C=O) groups excluding carboxylic acids is 2. The van der Waals surface area contributed by atoms with Crippen molar-refractivity contribution in [3.8, 4) is 0 Å². The highest BCUT2D eigenvalue weighted by atomic mass is 16.6. The third kappa shape index (κ3) is 3.94. The molecule has 1 aromatic heterocycles. The Morgan fingerprint density at radius 2 is 1.94 bits per heavy atom. The monoisotopic (exact) mass is 240 g/mol. The zero-order chi connectivity index (χ0) is 13.1. The molecule has 17 heavy (non-hydrogen) atoms. The average molecular weight is 240 g/mol. The van der Waals surface area contributed by atoms with E-state index in [9.17, 15) is 9.59 Å². The summed E-state index contributed by atoms with van der Waals surface area (Å²) in [6, 6.07) is 1.31. The Labute approximate surface area is 99.7 Å². The summed E-state index contributed by atoms with van der Waals surface area (Å²) < 4.78 is 14.8. The zero-order valence-corrected chi connectivity index (χ0v) is 10.4. The van der Waals surface area contributed by atoms with Gasteiger partial charge in [0.2, 0.25) is 5.76 Å². The minimum atomic E-state index is -0.604. The van der Waals surface area contributed by atoms with E-state index in [1.54, 1.807) is 27.7 Å². The fourth-order valence-corrected chi connectivity index (χ4v) is 1.09. The van der Waals surface area contributed by atoms with Crippen LogP contribution in [0.4, 0.5) is 0 Å². The van der Waals surface area contributed by atoms with Crippen LogP contribution in [-0.4, -0.2) is 24.1 Å². The summed E-state index contributed by atoms with van der Waals surface area (Å²) in [5.74, 6) is -1.14. The van der Waals surface area contributed by atoms with E-state index in [0.717, 1.165) is 0 Å². The van der Waals surface area contributed by atoms with Crippen molar-refractivity contribution in [2.24, 2.45) is 0 Å². The smallest absolute Gasteiger partial charge is 0.374 e. The van der Waals surface area contributed by atoms with Gasteiger partial charge in [-0.3, -0.25) is 0 Å². The summed E-state index contributed by atoms with van der Waals surface area (Å²) in [6.07, 6.45) is 1.18. The topological polar surface area (TPSA) is 65.7 Å². The highest BCUT2D eigenvalue weighted by Gasteiger charge is 2.22. The van der Waals surface area contributed by atoms with E-state index in [1.807, 2.05) is 0 Å². The maximum atomic E-state index is 11.6. The molecule has 0 aliphatic rings. The van der Waals surface area contributed by atoms with Gasteiger partial charge < -0.3 is 13.9 Å². The number of furan rings is 1. The Morgan fingerprint density at radius 1 is 1.29 bits per heavy atom. The molecule has 1 heterocycles. The number of rotatable bonds is 3. The Kier molecular flexibility index (Phi) is 3.93. The Morgan fingerprint density at radius 3 is 2.47 bits per heavy atom. The lowest BCUT2D eigenvalue weighted by atomic mass is 10.2. The molecule has 0 saturated carbocycles. The Hall–Kier alpha value is -1.78. The molecule has 0 spiro atoms. The van der Waals surface area contributed by atoms with Gasteiger partial charge in [-0.15, -0.1) is 0 Å². The molecule has 0 radical (unpaired) electrons. The number of carbonyl (C=O) groups is 2. The third-order valence-electron chi connectivity index (χ3n) is 1.71. The van der Waals surface area contributed by atoms with Crippen LogP contribution in [0.3, 0.4) is 0 Å². The van der Waals surface area contributed by atoms with Gasteiger partial charge in [0.1, 0.15) is 11.9 Å². The zero-order valence-electron chi connectivity index (χ0n) is 10.4. The molecule has 0 amide bonds. The van der Waals surface area contributed by atoms with Crippen molar-refractivity contribution < 1.29 is 23.5 Å². The van der Waals surface area contributed by atoms with Crippen LogP contribution < -0.4 is 0 Å². The minimum absolute atomic E-state index is 0.0111. The summed E-state index contributed by atoms with van der Waals surface area (Å²) in [7, 11) is 0. The quantitative estimate of drug-likeness (QED) is 0.759. The summed E-state index contributed by atoms with van der Waals surface area (Å²) in [6.45, 7) is 7.22. The SMILES string of the molecule is CCOC(=O)c1coc(C(=O)OC(C)(C)C)c1. The van der Waals surface area contributed by atoms with Crippen LogP contribution in [0, 0.1) is 0 Å². The maximum absolute atomic E-state index is 11.6. The summed E-state index contributed by atoms with van der Waals surface area (Å²) in [4.78, 5) is 22.9. The Bertz CT molecular complexity index is 411. The van der Waals surface area contributed by atoms with Crippen LogP contribution in [-0.2, 0) is 9.47 Å². The van der Waals surface area contributed by atoms with Gasteiger partial charge in [-0.05, 0) is 27.7 Å². The molecule has 0 fully saturated rings. The number of esters is 2. The van der Waals surface area contributed by atoms with Crippen molar-refractivity contribution in [2.75, 3.05) is 6.61 Å². The van der Waals surface area contributed by atoms with Crippen LogP contribution in [0.15, 0.2) is 16.7 Å². The van der Waals surface area contributed by atoms with E-state index in [2.05, 4.69) is 0 Å². The molecule has 0 unspecified atom stereocenters. The average Bonchev–Trinajstić information content (AvgIpc) is 2.63. The van der Waals surface area contributed by atoms with Crippen molar-refractivity contribution in [3.63, 3.8) is 0 Å². The number of hydrogen-bond donors (Lipinski definition) is 0. The maximum Gasteiger partial charge on any atom is 0.374 e. The third-order valence-corrected chi connectivity index (χ3v) is 1.71. The molecular weight excluding hydrogens is 224 g/mol. The first-order valence-electron chi connectivity index (χ1n) is 5.32. The van der Waals surface area contributed by atoms with E-state index < -0.39 is 17.5 Å². The molecule has 0 saturated heterocycles. The van der Waals surface area contributed by atoms with Crippen LogP contribution in [0.5, 0.6) is 0 Å². The van der Waals surface area contributed by atoms with Gasteiger partial charge in [-0.1, -0.05) is 0 Å². The van der Waals surface area contributed by atoms with Crippen LogP contribution in [0.25, 0.3) is 0 Å². The summed E-state index contributed by atoms with van der Waals surface area (Å²) in [5.41, 5.74) is -0.402. The fraction of sp³-hybridized carbons (Fsp3) is 0.500. The second-order valence-corrected chi connectivity index (χ2v) is 4.42. The number of ether oxygens (including phenoxy) is 2. The van der Waals surface area contributed by atoms with Gasteiger partial charge in [0.25, 0.3) is 0 Å². The highest BCUT2D eigenvalue weighted by Crippen LogP contribution is 2.15. The second kappa shape index (κ2) is 5.03. The standard InChI is InChI=1S/C12H16O5/c1-5-15-10(13)8-6-9(16-7-8)11(14)17-12(2,3)4/h6-7H,5H2,1-4H3. The first-order valence-corrected chi connectivity index (χ1v) is 5.32. The van der Waals surface area contributed by atoms with Crippen LogP contribution in [0.1, 0.15) is 48.6 Å². The molecule has 1 rings (SSSR count). The molecule has 0 bridgehead atoms. The highest BCUT2D eigenvalue weighted by molar-refractivity contribution is 5.93. The van der Waals surface area contributed by atoms with Gasteiger partial charge in [-0.25, -0.2) is 9.59 Å².